The molecule has 1 unspecified atom stereocenters. The molecule has 3 aromatic heterocycles. The van der Waals surface area contributed by atoms with Crippen molar-refractivity contribution in [3.8, 4) is 5.75 Å². The van der Waals surface area contributed by atoms with Gasteiger partial charge in [-0.05, 0) is 90.0 Å². The first kappa shape index (κ1) is 30.0. The molecule has 6 aromatic rings. The van der Waals surface area contributed by atoms with Crippen LogP contribution in [0.25, 0.3) is 23.1 Å². The predicted molar refractivity (Wildman–Crippen MR) is 181 cm³/mol. The number of nitrogens with one attached hydrogen (secondary N) is 2. The molecule has 0 radical (unpaired) electrons. The van der Waals surface area contributed by atoms with E-state index in [1.54, 1.807) is 84.9 Å². The van der Waals surface area contributed by atoms with Crippen LogP contribution in [0.1, 0.15) is 17.2 Å². The second kappa shape index (κ2) is 11.6. The SMILES string of the molecule is CN1C(c2ccc(S(=O)(=O)Nc3ccccn3)cc2)C=c2/c(=C\c3ccc(S(=O)(=O)Nc4ccccn4)cc3)c3cc(O)ccc3n21. The molecule has 47 heavy (non-hydrogen) atoms. The van der Waals surface area contributed by atoms with Crippen molar-refractivity contribution in [2.45, 2.75) is 15.8 Å². The largest absolute Gasteiger partial charge is 0.508 e. The molecule has 3 N–H and O–H groups in total. The second-order valence-corrected chi connectivity index (χ2v) is 14.3. The van der Waals surface area contributed by atoms with E-state index < -0.39 is 20.0 Å². The van der Waals surface area contributed by atoms with Gasteiger partial charge in [-0.25, -0.2) is 26.8 Å². The third-order valence-corrected chi connectivity index (χ3v) is 10.6. The molecule has 0 bridgehead atoms. The van der Waals surface area contributed by atoms with Crippen molar-refractivity contribution in [3.05, 3.63) is 137 Å². The van der Waals surface area contributed by atoms with Crippen molar-refractivity contribution in [1.82, 2.24) is 14.6 Å². The summed E-state index contributed by atoms with van der Waals surface area (Å²) in [6.07, 6.45) is 7.05. The average molecular weight is 665 g/mol. The lowest BCUT2D eigenvalue weighted by Gasteiger charge is -2.25. The summed E-state index contributed by atoms with van der Waals surface area (Å²) in [7, 11) is -5.72. The number of sulfonamides is 2. The monoisotopic (exact) mass is 664 g/mol. The minimum atomic E-state index is -3.84. The fourth-order valence-corrected chi connectivity index (χ4v) is 7.66. The number of benzene rings is 3. The molecular formula is C34H28N6O5S2. The molecule has 7 rings (SSSR count). The molecule has 4 heterocycles. The molecular weight excluding hydrogens is 637 g/mol. The topological polar surface area (TPSA) is 147 Å². The van der Waals surface area contributed by atoms with E-state index >= 15 is 0 Å². The lowest BCUT2D eigenvalue weighted by molar-refractivity contribution is 0.476. The first-order valence-corrected chi connectivity index (χ1v) is 17.4. The quantitative estimate of drug-likeness (QED) is 0.224. The van der Waals surface area contributed by atoms with Crippen molar-refractivity contribution >= 4 is 54.7 Å². The number of aromatic nitrogens is 3. The van der Waals surface area contributed by atoms with Gasteiger partial charge in [0.1, 0.15) is 17.4 Å². The number of fused-ring (bicyclic) bond motifs is 3. The minimum Gasteiger partial charge on any atom is -0.508 e. The van der Waals surface area contributed by atoms with Crippen LogP contribution in [0, 0.1) is 0 Å². The van der Waals surface area contributed by atoms with Gasteiger partial charge in [-0.3, -0.25) is 14.1 Å². The molecule has 0 saturated carbocycles. The number of hydrogen-bond acceptors (Lipinski definition) is 8. The summed E-state index contributed by atoms with van der Waals surface area (Å²) in [5.41, 5.74) is 2.50. The fourth-order valence-electron chi connectivity index (χ4n) is 5.65. The standard InChI is InChI=1S/C34H28N6O5S2/c1-39-31(24-10-15-27(16-11-24)47(44,45)38-34-7-3-5-19-36-34)22-32-28(29-21-25(41)12-17-30(29)40(32)39)20-23-8-13-26(14-9-23)46(42,43)37-33-6-2-4-18-35-33/h2-22,31,41H,1H3,(H,35,37)(H,36,38)/b28-20-. The third-order valence-electron chi connectivity index (χ3n) is 7.88. The van der Waals surface area contributed by atoms with E-state index in [9.17, 15) is 21.9 Å². The van der Waals surface area contributed by atoms with Gasteiger partial charge >= 0.3 is 0 Å². The van der Waals surface area contributed by atoms with Crippen LogP contribution in [-0.4, -0.2) is 43.6 Å². The maximum atomic E-state index is 12.9. The van der Waals surface area contributed by atoms with Crippen molar-refractivity contribution in [3.63, 3.8) is 0 Å². The van der Waals surface area contributed by atoms with Crippen LogP contribution in [0.4, 0.5) is 11.6 Å². The van der Waals surface area contributed by atoms with Crippen molar-refractivity contribution in [2.75, 3.05) is 21.5 Å². The number of aromatic hydroxyl groups is 1. The van der Waals surface area contributed by atoms with Crippen molar-refractivity contribution < 1.29 is 21.9 Å². The summed E-state index contributed by atoms with van der Waals surface area (Å²) in [6.45, 7) is 0. The molecule has 1 aliphatic rings. The summed E-state index contributed by atoms with van der Waals surface area (Å²) in [5, 5.41) is 14.9. The fraction of sp³-hybridized carbons (Fsp3) is 0.0588. The molecule has 0 spiro atoms. The van der Waals surface area contributed by atoms with Gasteiger partial charge < -0.3 is 10.1 Å². The minimum absolute atomic E-state index is 0.0944. The Morgan fingerprint density at radius 3 is 1.87 bits per heavy atom. The molecule has 0 fully saturated rings. The number of phenolic OH excluding ortho intramolecular Hbond substituents is 1. The van der Waals surface area contributed by atoms with E-state index in [1.165, 1.54) is 24.5 Å². The van der Waals surface area contributed by atoms with Crippen molar-refractivity contribution in [1.29, 1.82) is 0 Å². The predicted octanol–water partition coefficient (Wildman–Crippen LogP) is 3.67. The number of anilines is 2. The zero-order chi connectivity index (χ0) is 32.8. The van der Waals surface area contributed by atoms with Gasteiger partial charge in [0, 0.05) is 30.0 Å². The molecule has 0 aliphatic carbocycles. The summed E-state index contributed by atoms with van der Waals surface area (Å²) in [5.74, 6) is 0.582. The Labute approximate surface area is 270 Å². The Hall–Kier alpha value is -5.66. The van der Waals surface area contributed by atoms with E-state index in [-0.39, 0.29) is 33.2 Å². The van der Waals surface area contributed by atoms with Gasteiger partial charge in [-0.15, -0.1) is 0 Å². The van der Waals surface area contributed by atoms with Gasteiger partial charge in [0.2, 0.25) is 0 Å². The number of nitrogens with zero attached hydrogens (tertiary/aromatic N) is 4. The first-order valence-electron chi connectivity index (χ1n) is 14.5. The highest BCUT2D eigenvalue weighted by atomic mass is 32.2. The molecule has 1 atom stereocenters. The molecule has 0 saturated heterocycles. The van der Waals surface area contributed by atoms with Crippen LogP contribution >= 0.6 is 0 Å². The van der Waals surface area contributed by atoms with Crippen LogP contribution in [0.5, 0.6) is 5.75 Å². The Bertz CT molecular complexity index is 2450. The average Bonchev–Trinajstić information content (AvgIpc) is 3.55. The summed E-state index contributed by atoms with van der Waals surface area (Å²) < 4.78 is 58.8. The van der Waals surface area contributed by atoms with E-state index in [1.807, 2.05) is 28.9 Å². The van der Waals surface area contributed by atoms with Crippen LogP contribution in [0.2, 0.25) is 0 Å². The number of phenols is 1. The lowest BCUT2D eigenvalue weighted by atomic mass is 10.1. The zero-order valence-electron chi connectivity index (χ0n) is 24.9. The maximum absolute atomic E-state index is 12.9. The smallest absolute Gasteiger partial charge is 0.263 e. The highest BCUT2D eigenvalue weighted by molar-refractivity contribution is 7.93. The highest BCUT2D eigenvalue weighted by Crippen LogP contribution is 2.28. The Morgan fingerprint density at radius 1 is 0.745 bits per heavy atom. The Morgan fingerprint density at radius 2 is 1.32 bits per heavy atom. The second-order valence-electron chi connectivity index (χ2n) is 10.9. The van der Waals surface area contributed by atoms with Crippen LogP contribution in [0.3, 0.4) is 0 Å². The summed E-state index contributed by atoms with van der Waals surface area (Å²) in [6, 6.07) is 28.1. The van der Waals surface area contributed by atoms with Crippen molar-refractivity contribution in [2.24, 2.45) is 0 Å². The maximum Gasteiger partial charge on any atom is 0.263 e. The molecule has 0 amide bonds. The van der Waals surface area contributed by atoms with E-state index in [0.29, 0.717) is 0 Å². The number of hydrogen-bond donors (Lipinski definition) is 3. The molecule has 3 aromatic carbocycles. The number of pyridine rings is 2. The van der Waals surface area contributed by atoms with Gasteiger partial charge in [-0.2, -0.15) is 0 Å². The Balaban J connectivity index is 1.24. The Kier molecular flexibility index (Phi) is 7.41. The van der Waals surface area contributed by atoms with Gasteiger partial charge in [0.15, 0.2) is 0 Å². The molecule has 13 heteroatoms. The normalized spacial score (nSPS) is 15.0. The van der Waals surface area contributed by atoms with Crippen LogP contribution < -0.4 is 25.0 Å². The van der Waals surface area contributed by atoms with E-state index in [2.05, 4.69) is 25.5 Å². The van der Waals surface area contributed by atoms with Gasteiger partial charge in [0.25, 0.3) is 20.0 Å². The van der Waals surface area contributed by atoms with E-state index in [0.717, 1.165) is 32.6 Å². The summed E-state index contributed by atoms with van der Waals surface area (Å²) >= 11 is 0. The first-order chi connectivity index (χ1) is 22.6. The highest BCUT2D eigenvalue weighted by Gasteiger charge is 2.26. The molecule has 11 nitrogen and oxygen atoms in total. The third kappa shape index (κ3) is 5.77. The molecule has 1 aliphatic heterocycles. The van der Waals surface area contributed by atoms with Crippen LogP contribution in [-0.2, 0) is 20.0 Å². The van der Waals surface area contributed by atoms with Gasteiger partial charge in [-0.1, -0.05) is 36.4 Å². The number of rotatable bonds is 8. The zero-order valence-corrected chi connectivity index (χ0v) is 26.5. The molecule has 236 valence electrons. The van der Waals surface area contributed by atoms with Crippen LogP contribution in [0.15, 0.2) is 125 Å². The lowest BCUT2D eigenvalue weighted by Crippen LogP contribution is -2.35. The summed E-state index contributed by atoms with van der Waals surface area (Å²) in [4.78, 5) is 8.28. The van der Waals surface area contributed by atoms with E-state index in [4.69, 9.17) is 0 Å². The van der Waals surface area contributed by atoms with Gasteiger partial charge in [0.05, 0.1) is 26.7 Å².